The van der Waals surface area contributed by atoms with Gasteiger partial charge in [0.2, 0.25) is 0 Å². The Hall–Kier alpha value is -0.398. The molecule has 2 heteroatoms. The standard InChI is InChI=1S/C13H9.C5H5.2CH3.Sn.Zr.H/c1-3-7-12-10(5-1)9-11-6-2-4-8-13(11)12;1-2-4-5-3-1;;;;;/h1-5,7-8H,9H2;1-3H,4H2;2*1H3;;;/q2*-1;;;;+2;. The Balaban J connectivity index is 0.000000227. The van der Waals surface area contributed by atoms with E-state index in [-0.39, 0.29) is 47.3 Å². The topological polar surface area (TPSA) is 0 Å². The summed E-state index contributed by atoms with van der Waals surface area (Å²) < 4.78 is 0. The van der Waals surface area contributed by atoms with E-state index in [0.29, 0.717) is 0 Å². The van der Waals surface area contributed by atoms with Gasteiger partial charge in [0.05, 0.1) is 0 Å². The second kappa shape index (κ2) is 11.2. The minimum absolute atomic E-state index is 0. The zero-order chi connectivity index (χ0) is 14.9. The van der Waals surface area contributed by atoms with Gasteiger partial charge in [-0.05, 0) is 6.42 Å². The maximum absolute atomic E-state index is 3.30. The first kappa shape index (κ1) is 19.6. The largest absolute Gasteiger partial charge is 2.00 e. The molecule has 0 saturated carbocycles. The molecule has 2 aliphatic carbocycles. The average Bonchev–Trinajstić information content (AvgIpc) is 3.19. The zero-order valence-corrected chi connectivity index (χ0v) is 19.0. The molecule has 0 heterocycles. The van der Waals surface area contributed by atoms with Gasteiger partial charge in [-0.15, -0.1) is 12.0 Å². The summed E-state index contributed by atoms with van der Waals surface area (Å²) in [6.07, 6.45) is 11.0. The maximum atomic E-state index is 3.30. The van der Waals surface area contributed by atoms with Crippen LogP contribution in [0.15, 0.2) is 60.7 Å². The van der Waals surface area contributed by atoms with E-state index in [9.17, 15) is 0 Å². The fraction of sp³-hybridized carbons (Fsp3) is 0.200. The summed E-state index contributed by atoms with van der Waals surface area (Å²) in [5, 5.41) is 0. The van der Waals surface area contributed by atoms with Crippen molar-refractivity contribution in [2.75, 3.05) is 0 Å². The molecule has 0 N–H and O–H groups in total. The third-order valence-electron chi connectivity index (χ3n) is 3.20. The minimum atomic E-state index is 0. The summed E-state index contributed by atoms with van der Waals surface area (Å²) in [5.74, 6) is 0. The molecule has 0 bridgehead atoms. The van der Waals surface area contributed by atoms with Crippen LogP contribution in [-0.4, -0.2) is 21.1 Å². The third-order valence-corrected chi connectivity index (χ3v) is 3.20. The monoisotopic (exact) mass is 471 g/mol. The Kier molecular flexibility index (Phi) is 9.99. The molecule has 2 aliphatic rings. The first-order chi connectivity index (χ1) is 10.4. The van der Waals surface area contributed by atoms with Crippen molar-refractivity contribution in [2.45, 2.75) is 22.7 Å². The molecule has 0 fully saturated rings. The molecule has 2 aromatic rings. The molecular formula is C20H21SnZr. The van der Waals surface area contributed by atoms with E-state index in [1.807, 2.05) is 18.2 Å². The van der Waals surface area contributed by atoms with Crippen LogP contribution in [0, 0.1) is 12.1 Å². The molecule has 4 rings (SSSR count). The van der Waals surface area contributed by atoms with Gasteiger partial charge in [-0.2, -0.15) is 35.9 Å². The summed E-state index contributed by atoms with van der Waals surface area (Å²) in [5.41, 5.74) is 5.51. The fourth-order valence-corrected chi connectivity index (χ4v) is 2.34. The average molecular weight is 471 g/mol. The van der Waals surface area contributed by atoms with E-state index in [1.54, 1.807) is 0 Å². The van der Waals surface area contributed by atoms with Gasteiger partial charge in [-0.3, -0.25) is 6.08 Å². The predicted octanol–water partition coefficient (Wildman–Crippen LogP) is 4.88. The van der Waals surface area contributed by atoms with Crippen LogP contribution in [0.25, 0.3) is 11.1 Å². The summed E-state index contributed by atoms with van der Waals surface area (Å²) in [6.45, 7) is 0. The summed E-state index contributed by atoms with van der Waals surface area (Å²) in [4.78, 5) is 4.63. The molecule has 0 aromatic heterocycles. The molecule has 109 valence electrons. The Morgan fingerprint density at radius 1 is 1.00 bits per heavy atom. The molecule has 0 atom stereocenters. The van der Waals surface area contributed by atoms with Gasteiger partial charge >= 0.3 is 57.2 Å². The van der Waals surface area contributed by atoms with Gasteiger partial charge in [-0.25, -0.2) is 12.2 Å². The van der Waals surface area contributed by atoms with Gasteiger partial charge in [-0.1, -0.05) is 35.4 Å². The predicted molar refractivity (Wildman–Crippen MR) is 94.0 cm³/mol. The van der Waals surface area contributed by atoms with Gasteiger partial charge < -0.3 is 0 Å². The Morgan fingerprint density at radius 2 is 1.73 bits per heavy atom. The van der Waals surface area contributed by atoms with E-state index in [1.165, 1.54) is 22.3 Å². The van der Waals surface area contributed by atoms with Gasteiger partial charge in [0.25, 0.3) is 0 Å². The first-order valence-corrected chi connectivity index (χ1v) is 14.0. The van der Waals surface area contributed by atoms with Crippen LogP contribution in [0.1, 0.15) is 17.5 Å². The van der Waals surface area contributed by atoms with Crippen molar-refractivity contribution < 1.29 is 26.2 Å². The molecule has 0 unspecified atom stereocenters. The number of rotatable bonds is 0. The zero-order valence-electron chi connectivity index (χ0n) is 13.3. The molecule has 0 saturated heterocycles. The summed E-state index contributed by atoms with van der Waals surface area (Å²) in [6, 6.07) is 18.1. The Morgan fingerprint density at radius 3 is 2.36 bits per heavy atom. The quantitative estimate of drug-likeness (QED) is 0.324. The van der Waals surface area contributed by atoms with Crippen molar-refractivity contribution in [3.05, 3.63) is 84.0 Å². The first-order valence-electron chi connectivity index (χ1n) is 7.40. The molecule has 0 amide bonds. The van der Waals surface area contributed by atoms with Crippen molar-refractivity contribution in [3.63, 3.8) is 0 Å². The summed E-state index contributed by atoms with van der Waals surface area (Å²) >= 11 is 0.110. The second-order valence-corrected chi connectivity index (χ2v) is 8.27. The maximum Gasteiger partial charge on any atom is 2.00 e. The summed E-state index contributed by atoms with van der Waals surface area (Å²) in [7, 11) is 0. The van der Waals surface area contributed by atoms with Crippen LogP contribution < -0.4 is 0 Å². The van der Waals surface area contributed by atoms with Crippen molar-refractivity contribution in [1.29, 1.82) is 0 Å². The molecular weight excluding hydrogens is 450 g/mol. The second-order valence-electron chi connectivity index (χ2n) is 4.98. The molecule has 1 radical (unpaired) electrons. The molecule has 0 nitrogen and oxygen atoms in total. The molecule has 22 heavy (non-hydrogen) atoms. The van der Waals surface area contributed by atoms with Gasteiger partial charge in [0, 0.05) is 0 Å². The van der Waals surface area contributed by atoms with Crippen LogP contribution in [0.2, 0.25) is 9.88 Å². The van der Waals surface area contributed by atoms with E-state index in [0.717, 1.165) is 12.8 Å². The van der Waals surface area contributed by atoms with Crippen LogP contribution in [0.4, 0.5) is 0 Å². The van der Waals surface area contributed by atoms with Crippen LogP contribution in [-0.2, 0) is 32.6 Å². The number of hydrogen-bond acceptors (Lipinski definition) is 0. The number of allylic oxidation sites excluding steroid dienone is 4. The van der Waals surface area contributed by atoms with E-state index < -0.39 is 0 Å². The van der Waals surface area contributed by atoms with Crippen molar-refractivity contribution in [2.24, 2.45) is 0 Å². The molecule has 2 aromatic carbocycles. The van der Waals surface area contributed by atoms with E-state index in [2.05, 4.69) is 64.5 Å². The van der Waals surface area contributed by atoms with Crippen molar-refractivity contribution in [1.82, 2.24) is 0 Å². The van der Waals surface area contributed by atoms with Crippen LogP contribution in [0.5, 0.6) is 0 Å². The van der Waals surface area contributed by atoms with Crippen molar-refractivity contribution in [3.8, 4) is 11.1 Å². The van der Waals surface area contributed by atoms with Crippen molar-refractivity contribution >= 4 is 21.1 Å². The molecule has 0 spiro atoms. The van der Waals surface area contributed by atoms with Gasteiger partial charge in [0.15, 0.2) is 0 Å². The Labute approximate surface area is 164 Å². The third kappa shape index (κ3) is 5.67. The number of hydrogen-bond donors (Lipinski definition) is 0. The van der Waals surface area contributed by atoms with Gasteiger partial charge in [0.1, 0.15) is 0 Å². The van der Waals surface area contributed by atoms with Crippen LogP contribution >= 0.6 is 0 Å². The smallest absolute Gasteiger partial charge is 0.179 e. The van der Waals surface area contributed by atoms with E-state index >= 15 is 0 Å². The SMILES string of the molecule is [C-]1=CC=CC1.[CH3][SnH][CH3].[Zr+2].[c-]1cccc2c1Cc1ccccc1-2. The fourth-order valence-electron chi connectivity index (χ4n) is 2.34. The van der Waals surface area contributed by atoms with Crippen LogP contribution in [0.3, 0.4) is 0 Å². The molecule has 0 aliphatic heterocycles. The number of fused-ring (bicyclic) bond motifs is 3. The number of benzene rings is 2. The Bertz CT molecular complexity index is 576. The normalized spacial score (nSPS) is 12.1. The van der Waals surface area contributed by atoms with E-state index in [4.69, 9.17) is 0 Å². The minimum Gasteiger partial charge on any atom is -0.179 e.